The molecule has 2 aromatic carbocycles. The van der Waals surface area contributed by atoms with Crippen LogP contribution in [-0.4, -0.2) is 21.9 Å². The summed E-state index contributed by atoms with van der Waals surface area (Å²) in [4.78, 5) is 12.3. The molecule has 0 fully saturated rings. The molecular formula is C20H18Cl2N4O2. The van der Waals surface area contributed by atoms with Crippen LogP contribution in [0.3, 0.4) is 0 Å². The van der Waals surface area contributed by atoms with Gasteiger partial charge in [-0.05, 0) is 42.8 Å². The Bertz CT molecular complexity index is 1030. The van der Waals surface area contributed by atoms with Crippen molar-refractivity contribution in [2.24, 2.45) is 12.1 Å². The maximum Gasteiger partial charge on any atom is 0.271 e. The summed E-state index contributed by atoms with van der Waals surface area (Å²) in [6, 6.07) is 12.1. The summed E-state index contributed by atoms with van der Waals surface area (Å²) in [6.45, 7) is 2.14. The molecule has 1 aromatic heterocycles. The Balaban J connectivity index is 1.62. The monoisotopic (exact) mass is 416 g/mol. The van der Waals surface area contributed by atoms with Gasteiger partial charge in [-0.2, -0.15) is 10.2 Å². The molecule has 0 aliphatic carbocycles. The molecule has 1 N–H and O–H groups in total. The molecule has 0 aliphatic heterocycles. The fraction of sp³-hybridized carbons (Fsp3) is 0.150. The van der Waals surface area contributed by atoms with E-state index in [0.717, 1.165) is 16.8 Å². The van der Waals surface area contributed by atoms with Crippen LogP contribution < -0.4 is 10.2 Å². The fourth-order valence-corrected chi connectivity index (χ4v) is 2.99. The third-order valence-electron chi connectivity index (χ3n) is 3.90. The molecule has 144 valence electrons. The first-order chi connectivity index (χ1) is 13.4. The second kappa shape index (κ2) is 8.91. The predicted molar refractivity (Wildman–Crippen MR) is 110 cm³/mol. The van der Waals surface area contributed by atoms with Crippen LogP contribution in [0.5, 0.6) is 5.75 Å². The number of hydrogen-bond donors (Lipinski definition) is 1. The van der Waals surface area contributed by atoms with Crippen molar-refractivity contribution in [3.63, 3.8) is 0 Å². The van der Waals surface area contributed by atoms with Gasteiger partial charge in [0.15, 0.2) is 0 Å². The zero-order valence-electron chi connectivity index (χ0n) is 15.3. The highest BCUT2D eigenvalue weighted by molar-refractivity contribution is 6.35. The Kier molecular flexibility index (Phi) is 6.34. The van der Waals surface area contributed by atoms with Crippen molar-refractivity contribution in [3.8, 4) is 5.75 Å². The van der Waals surface area contributed by atoms with E-state index in [0.29, 0.717) is 21.4 Å². The van der Waals surface area contributed by atoms with Gasteiger partial charge >= 0.3 is 0 Å². The first kappa shape index (κ1) is 19.9. The van der Waals surface area contributed by atoms with Crippen molar-refractivity contribution < 1.29 is 9.53 Å². The number of ether oxygens (including phenoxy) is 1. The molecule has 6 nitrogen and oxygen atoms in total. The zero-order chi connectivity index (χ0) is 20.1. The van der Waals surface area contributed by atoms with Crippen LogP contribution in [-0.2, 0) is 13.7 Å². The minimum atomic E-state index is -0.316. The Morgan fingerprint density at radius 1 is 1.29 bits per heavy atom. The number of aromatic nitrogens is 2. The van der Waals surface area contributed by atoms with Crippen LogP contribution >= 0.6 is 23.2 Å². The molecule has 0 spiro atoms. The van der Waals surface area contributed by atoms with E-state index in [-0.39, 0.29) is 12.5 Å². The number of aryl methyl sites for hydroxylation is 2. The smallest absolute Gasteiger partial charge is 0.271 e. The zero-order valence-corrected chi connectivity index (χ0v) is 16.8. The quantitative estimate of drug-likeness (QED) is 0.478. The standard InChI is InChI=1S/C20H18Cl2N4O2/c1-13-16(11-26(2)25-13)10-23-24-20(27)15-5-3-4-14(8-15)12-28-19-7-6-17(21)9-18(19)22/h3-11H,12H2,1-2H3,(H,24,27). The van der Waals surface area contributed by atoms with Crippen LogP contribution in [0.1, 0.15) is 27.2 Å². The van der Waals surface area contributed by atoms with Crippen molar-refractivity contribution in [1.29, 1.82) is 0 Å². The van der Waals surface area contributed by atoms with Gasteiger partial charge in [-0.1, -0.05) is 35.3 Å². The Labute approximate surface area is 172 Å². The number of rotatable bonds is 6. The molecule has 28 heavy (non-hydrogen) atoms. The minimum Gasteiger partial charge on any atom is -0.487 e. The Hall–Kier alpha value is -2.83. The highest BCUT2D eigenvalue weighted by Crippen LogP contribution is 2.28. The van der Waals surface area contributed by atoms with Crippen LogP contribution in [0.15, 0.2) is 53.8 Å². The summed E-state index contributed by atoms with van der Waals surface area (Å²) >= 11 is 12.0. The average Bonchev–Trinajstić information content (AvgIpc) is 2.98. The molecule has 0 radical (unpaired) electrons. The van der Waals surface area contributed by atoms with Crippen molar-refractivity contribution in [3.05, 3.63) is 81.1 Å². The van der Waals surface area contributed by atoms with E-state index in [1.54, 1.807) is 47.3 Å². The number of carbonyl (C=O) groups is 1. The number of nitrogens with zero attached hydrogens (tertiary/aromatic N) is 3. The summed E-state index contributed by atoms with van der Waals surface area (Å²) in [6.07, 6.45) is 3.39. The predicted octanol–water partition coefficient (Wildman–Crippen LogP) is 4.38. The lowest BCUT2D eigenvalue weighted by atomic mass is 10.1. The summed E-state index contributed by atoms with van der Waals surface area (Å²) in [5.74, 6) is 0.210. The normalized spacial score (nSPS) is 11.0. The van der Waals surface area contributed by atoms with Gasteiger partial charge in [0.2, 0.25) is 0 Å². The van der Waals surface area contributed by atoms with Gasteiger partial charge < -0.3 is 4.74 Å². The third kappa shape index (κ3) is 5.12. The molecule has 0 bridgehead atoms. The molecule has 3 rings (SSSR count). The number of carbonyl (C=O) groups excluding carboxylic acids is 1. The Morgan fingerprint density at radius 3 is 2.82 bits per heavy atom. The lowest BCUT2D eigenvalue weighted by Gasteiger charge is -2.09. The van der Waals surface area contributed by atoms with Gasteiger partial charge in [0.1, 0.15) is 12.4 Å². The molecule has 0 aliphatic rings. The van der Waals surface area contributed by atoms with E-state index in [1.165, 1.54) is 0 Å². The number of halogens is 2. The largest absolute Gasteiger partial charge is 0.487 e. The molecule has 8 heteroatoms. The molecule has 0 saturated heterocycles. The van der Waals surface area contributed by atoms with Crippen LogP contribution in [0.4, 0.5) is 0 Å². The van der Waals surface area contributed by atoms with E-state index in [1.807, 2.05) is 26.2 Å². The lowest BCUT2D eigenvalue weighted by molar-refractivity contribution is 0.0955. The maximum absolute atomic E-state index is 12.3. The van der Waals surface area contributed by atoms with E-state index < -0.39 is 0 Å². The van der Waals surface area contributed by atoms with Crippen molar-refractivity contribution in [2.45, 2.75) is 13.5 Å². The second-order valence-electron chi connectivity index (χ2n) is 6.11. The number of nitrogens with one attached hydrogen (secondary N) is 1. The van der Waals surface area contributed by atoms with Crippen molar-refractivity contribution >= 4 is 35.3 Å². The average molecular weight is 417 g/mol. The number of benzene rings is 2. The van der Waals surface area contributed by atoms with Gasteiger partial charge in [-0.25, -0.2) is 5.43 Å². The fourth-order valence-electron chi connectivity index (χ4n) is 2.53. The van der Waals surface area contributed by atoms with Gasteiger partial charge in [0, 0.05) is 29.4 Å². The van der Waals surface area contributed by atoms with E-state index in [2.05, 4.69) is 15.6 Å². The van der Waals surface area contributed by atoms with E-state index >= 15 is 0 Å². The molecule has 0 saturated carbocycles. The maximum atomic E-state index is 12.3. The summed E-state index contributed by atoms with van der Waals surface area (Å²) in [7, 11) is 1.83. The SMILES string of the molecule is Cc1nn(C)cc1C=NNC(=O)c1cccc(COc2ccc(Cl)cc2Cl)c1. The summed E-state index contributed by atoms with van der Waals surface area (Å²) in [5.41, 5.74) is 5.49. The Morgan fingerprint density at radius 2 is 2.11 bits per heavy atom. The summed E-state index contributed by atoms with van der Waals surface area (Å²) in [5, 5.41) is 9.18. The molecule has 1 amide bonds. The van der Waals surface area contributed by atoms with Crippen LogP contribution in [0.25, 0.3) is 0 Å². The van der Waals surface area contributed by atoms with Crippen LogP contribution in [0.2, 0.25) is 10.0 Å². The molecule has 3 aromatic rings. The number of amides is 1. The topological polar surface area (TPSA) is 68.5 Å². The first-order valence-corrected chi connectivity index (χ1v) is 9.18. The molecule has 0 atom stereocenters. The van der Waals surface area contributed by atoms with E-state index in [4.69, 9.17) is 27.9 Å². The highest BCUT2D eigenvalue weighted by Gasteiger charge is 2.07. The van der Waals surface area contributed by atoms with Gasteiger partial charge in [-0.3, -0.25) is 9.48 Å². The van der Waals surface area contributed by atoms with Crippen LogP contribution in [0, 0.1) is 6.92 Å². The first-order valence-electron chi connectivity index (χ1n) is 8.43. The molecule has 0 unspecified atom stereocenters. The third-order valence-corrected chi connectivity index (χ3v) is 4.43. The summed E-state index contributed by atoms with van der Waals surface area (Å²) < 4.78 is 7.40. The molecule has 1 heterocycles. The van der Waals surface area contributed by atoms with Gasteiger partial charge in [0.25, 0.3) is 5.91 Å². The van der Waals surface area contributed by atoms with E-state index in [9.17, 15) is 4.79 Å². The second-order valence-corrected chi connectivity index (χ2v) is 6.95. The van der Waals surface area contributed by atoms with Crippen molar-refractivity contribution in [1.82, 2.24) is 15.2 Å². The highest BCUT2D eigenvalue weighted by atomic mass is 35.5. The number of hydrazone groups is 1. The lowest BCUT2D eigenvalue weighted by Crippen LogP contribution is -2.17. The van der Waals surface area contributed by atoms with Gasteiger partial charge in [0.05, 0.1) is 16.9 Å². The molecular weight excluding hydrogens is 399 g/mol. The number of hydrogen-bond acceptors (Lipinski definition) is 4. The minimum absolute atomic E-state index is 0.265. The van der Waals surface area contributed by atoms with Crippen molar-refractivity contribution in [2.75, 3.05) is 0 Å². The van der Waals surface area contributed by atoms with Gasteiger partial charge in [-0.15, -0.1) is 0 Å².